The average Bonchev–Trinajstić information content (AvgIpc) is 3.24. The molecule has 0 spiro atoms. The molecule has 0 aliphatic carbocycles. The molecule has 60 heavy (non-hydrogen) atoms. The Morgan fingerprint density at radius 1 is 0.333 bits per heavy atom. The summed E-state index contributed by atoms with van der Waals surface area (Å²) in [5, 5.41) is 0. The van der Waals surface area contributed by atoms with Crippen LogP contribution in [0.4, 0.5) is 0 Å². The van der Waals surface area contributed by atoms with Crippen molar-refractivity contribution in [2.24, 2.45) is 0 Å². The van der Waals surface area contributed by atoms with Crippen LogP contribution < -0.4 is 0 Å². The molecule has 1 atom stereocenters. The van der Waals surface area contributed by atoms with E-state index in [4.69, 9.17) is 14.2 Å². The highest BCUT2D eigenvalue weighted by Crippen LogP contribution is 2.15. The highest BCUT2D eigenvalue weighted by atomic mass is 16.6. The molecule has 0 N–H and O–H groups in total. The lowest BCUT2D eigenvalue weighted by molar-refractivity contribution is -0.167. The monoisotopic (exact) mass is 843 g/mol. The van der Waals surface area contributed by atoms with Crippen molar-refractivity contribution in [3.63, 3.8) is 0 Å². The fraction of sp³-hybridized carbons (Fsp3) is 0.833. The summed E-state index contributed by atoms with van der Waals surface area (Å²) in [5.74, 6) is -0.884. The minimum atomic E-state index is -0.774. The smallest absolute Gasteiger partial charge is 0.306 e. The molecule has 6 heteroatoms. The molecule has 0 rings (SSSR count). The van der Waals surface area contributed by atoms with Gasteiger partial charge in [0.15, 0.2) is 6.10 Å². The number of hydrogen-bond acceptors (Lipinski definition) is 6. The van der Waals surface area contributed by atoms with Crippen molar-refractivity contribution in [1.82, 2.24) is 0 Å². The number of unbranched alkanes of at least 4 members (excludes halogenated alkanes) is 30. The van der Waals surface area contributed by atoms with Crippen molar-refractivity contribution in [3.05, 3.63) is 36.5 Å². The standard InChI is InChI=1S/C54H98O6/c1-4-7-10-13-16-19-22-24-26-27-28-29-31-32-35-38-41-44-47-53(56)59-50-51(49-58-52(55)46-43-40-37-34-21-18-15-12-9-6-3)60-54(57)48-45-42-39-36-33-30-25-23-20-17-14-11-8-5-2/h12,15,19,22,26-27,51H,4-11,13-14,16-18,20-21,23-25,28-50H2,1-3H3/b15-12-,22-19-,27-26-. The van der Waals surface area contributed by atoms with E-state index in [9.17, 15) is 14.4 Å². The van der Waals surface area contributed by atoms with Gasteiger partial charge in [0.25, 0.3) is 0 Å². The Morgan fingerprint density at radius 2 is 0.633 bits per heavy atom. The molecule has 0 saturated heterocycles. The number of ether oxygens (including phenoxy) is 3. The summed E-state index contributed by atoms with van der Waals surface area (Å²) in [6.07, 6.45) is 57.0. The molecule has 6 nitrogen and oxygen atoms in total. The number of carbonyl (C=O) groups excluding carboxylic acids is 3. The maximum absolute atomic E-state index is 12.8. The summed E-state index contributed by atoms with van der Waals surface area (Å²) in [6, 6.07) is 0. The van der Waals surface area contributed by atoms with E-state index in [1.807, 2.05) is 0 Å². The zero-order valence-corrected chi connectivity index (χ0v) is 40.0. The average molecular weight is 843 g/mol. The number of hydrogen-bond donors (Lipinski definition) is 0. The highest BCUT2D eigenvalue weighted by molar-refractivity contribution is 5.71. The molecule has 0 saturated carbocycles. The van der Waals surface area contributed by atoms with E-state index in [-0.39, 0.29) is 31.1 Å². The molecule has 0 radical (unpaired) electrons. The van der Waals surface area contributed by atoms with Crippen LogP contribution in [0.25, 0.3) is 0 Å². The normalized spacial score (nSPS) is 12.2. The second-order valence-corrected chi connectivity index (χ2v) is 17.4. The molecular weight excluding hydrogens is 745 g/mol. The quantitative estimate of drug-likeness (QED) is 0.0263. The van der Waals surface area contributed by atoms with Gasteiger partial charge in [-0.05, 0) is 70.6 Å². The van der Waals surface area contributed by atoms with Gasteiger partial charge in [-0.1, -0.05) is 218 Å². The Balaban J connectivity index is 4.32. The van der Waals surface area contributed by atoms with E-state index >= 15 is 0 Å². The molecule has 1 unspecified atom stereocenters. The van der Waals surface area contributed by atoms with Crippen molar-refractivity contribution < 1.29 is 28.6 Å². The molecule has 0 heterocycles. The predicted octanol–water partition coefficient (Wildman–Crippen LogP) is 16.9. The maximum atomic E-state index is 12.8. The Kier molecular flexibility index (Phi) is 47.3. The Morgan fingerprint density at radius 3 is 1.02 bits per heavy atom. The number of rotatable bonds is 47. The topological polar surface area (TPSA) is 78.9 Å². The Labute approximate surface area is 372 Å². The lowest BCUT2D eigenvalue weighted by Gasteiger charge is -2.18. The van der Waals surface area contributed by atoms with Gasteiger partial charge in [-0.3, -0.25) is 14.4 Å². The van der Waals surface area contributed by atoms with Gasteiger partial charge in [0.1, 0.15) is 13.2 Å². The van der Waals surface area contributed by atoms with Gasteiger partial charge >= 0.3 is 17.9 Å². The van der Waals surface area contributed by atoms with Crippen molar-refractivity contribution in [3.8, 4) is 0 Å². The molecule has 0 aromatic heterocycles. The van der Waals surface area contributed by atoms with E-state index < -0.39 is 6.10 Å². The first-order valence-corrected chi connectivity index (χ1v) is 26.0. The third kappa shape index (κ3) is 46.7. The van der Waals surface area contributed by atoms with Gasteiger partial charge in [-0.25, -0.2) is 0 Å². The van der Waals surface area contributed by atoms with Crippen LogP contribution in [0.15, 0.2) is 36.5 Å². The number of carbonyl (C=O) groups is 3. The molecule has 0 amide bonds. The first kappa shape index (κ1) is 57.6. The highest BCUT2D eigenvalue weighted by Gasteiger charge is 2.19. The first-order valence-electron chi connectivity index (χ1n) is 26.0. The lowest BCUT2D eigenvalue weighted by atomic mass is 10.0. The molecule has 0 aliphatic heterocycles. The van der Waals surface area contributed by atoms with Crippen LogP contribution in [0.3, 0.4) is 0 Å². The van der Waals surface area contributed by atoms with Crippen LogP contribution >= 0.6 is 0 Å². The summed E-state index contributed by atoms with van der Waals surface area (Å²) >= 11 is 0. The van der Waals surface area contributed by atoms with Crippen molar-refractivity contribution in [2.45, 2.75) is 277 Å². The van der Waals surface area contributed by atoms with E-state index in [0.717, 1.165) is 83.5 Å². The van der Waals surface area contributed by atoms with E-state index in [2.05, 4.69) is 57.2 Å². The molecule has 0 fully saturated rings. The molecule has 0 aromatic rings. The molecular formula is C54H98O6. The second kappa shape index (κ2) is 49.3. The van der Waals surface area contributed by atoms with Crippen LogP contribution in [0, 0.1) is 0 Å². The zero-order valence-electron chi connectivity index (χ0n) is 40.0. The third-order valence-electron chi connectivity index (χ3n) is 11.3. The minimum Gasteiger partial charge on any atom is -0.462 e. The van der Waals surface area contributed by atoms with Crippen molar-refractivity contribution >= 4 is 17.9 Å². The molecule has 0 aromatic carbocycles. The molecule has 350 valence electrons. The van der Waals surface area contributed by atoms with Crippen molar-refractivity contribution in [2.75, 3.05) is 13.2 Å². The minimum absolute atomic E-state index is 0.0763. The summed E-state index contributed by atoms with van der Waals surface area (Å²) < 4.78 is 16.8. The summed E-state index contributed by atoms with van der Waals surface area (Å²) in [7, 11) is 0. The SMILES string of the molecule is CCC/C=C\CCCCCCCC(=O)OCC(COC(=O)CCCCCCCCC/C=C\C/C=C\CCCCCC)OC(=O)CCCCCCCCCCCCCCCC. The van der Waals surface area contributed by atoms with Crippen LogP contribution in [0.1, 0.15) is 271 Å². The summed E-state index contributed by atoms with van der Waals surface area (Å²) in [5.41, 5.74) is 0. The molecule has 0 aliphatic rings. The van der Waals surface area contributed by atoms with E-state index in [0.29, 0.717) is 19.3 Å². The van der Waals surface area contributed by atoms with Gasteiger partial charge < -0.3 is 14.2 Å². The van der Waals surface area contributed by atoms with Crippen molar-refractivity contribution in [1.29, 1.82) is 0 Å². The van der Waals surface area contributed by atoms with Gasteiger partial charge in [0.05, 0.1) is 0 Å². The second-order valence-electron chi connectivity index (χ2n) is 17.4. The largest absolute Gasteiger partial charge is 0.462 e. The molecule has 0 bridgehead atoms. The van der Waals surface area contributed by atoms with Gasteiger partial charge in [-0.2, -0.15) is 0 Å². The zero-order chi connectivity index (χ0) is 43.7. The predicted molar refractivity (Wildman–Crippen MR) is 256 cm³/mol. The summed E-state index contributed by atoms with van der Waals surface area (Å²) in [4.78, 5) is 37.9. The van der Waals surface area contributed by atoms with Crippen LogP contribution in [-0.4, -0.2) is 37.2 Å². The first-order chi connectivity index (χ1) is 29.5. The van der Waals surface area contributed by atoms with Crippen LogP contribution in [0.5, 0.6) is 0 Å². The maximum Gasteiger partial charge on any atom is 0.306 e. The third-order valence-corrected chi connectivity index (χ3v) is 11.3. The fourth-order valence-electron chi connectivity index (χ4n) is 7.42. The van der Waals surface area contributed by atoms with E-state index in [1.165, 1.54) is 148 Å². The van der Waals surface area contributed by atoms with Crippen LogP contribution in [0.2, 0.25) is 0 Å². The van der Waals surface area contributed by atoms with Gasteiger partial charge in [-0.15, -0.1) is 0 Å². The lowest BCUT2D eigenvalue weighted by Crippen LogP contribution is -2.30. The van der Waals surface area contributed by atoms with E-state index in [1.54, 1.807) is 0 Å². The summed E-state index contributed by atoms with van der Waals surface area (Å²) in [6.45, 7) is 6.57. The Hall–Kier alpha value is -2.37. The number of esters is 3. The van der Waals surface area contributed by atoms with Gasteiger partial charge in [0.2, 0.25) is 0 Å². The van der Waals surface area contributed by atoms with Gasteiger partial charge in [0, 0.05) is 19.3 Å². The van der Waals surface area contributed by atoms with Crippen LogP contribution in [-0.2, 0) is 28.6 Å². The number of allylic oxidation sites excluding steroid dienone is 6. The Bertz CT molecular complexity index is 1020. The fourth-order valence-corrected chi connectivity index (χ4v) is 7.42.